The van der Waals surface area contributed by atoms with E-state index in [-0.39, 0.29) is 0 Å². The Morgan fingerprint density at radius 2 is 1.75 bits per heavy atom. The van der Waals surface area contributed by atoms with Crippen molar-refractivity contribution in [3.8, 4) is 11.3 Å². The molecule has 0 aliphatic rings. The number of thiazole rings is 1. The molecule has 1 aromatic heterocycles. The average Bonchev–Trinajstić information content (AvgIpc) is 2.92. The third-order valence-electron chi connectivity index (χ3n) is 3.18. The van der Waals surface area contributed by atoms with Crippen LogP contribution < -0.4 is 10.6 Å². The highest BCUT2D eigenvalue weighted by atomic mass is 32.1. The standard InChI is InChI=1S/C16H23N3S/c1-3-10-19(11-4-2)16-18-15(14(12-17)20-16)13-8-6-5-7-9-13/h5-9H,3-4,10-12,17H2,1-2H3. The molecule has 1 heterocycles. The predicted octanol–water partition coefficient (Wildman–Crippen LogP) is 3.90. The fourth-order valence-corrected chi connectivity index (χ4v) is 3.29. The molecule has 1 aromatic carbocycles. The van der Waals surface area contributed by atoms with Gasteiger partial charge in [-0.25, -0.2) is 4.98 Å². The van der Waals surface area contributed by atoms with Crippen LogP contribution in [0, 0.1) is 0 Å². The van der Waals surface area contributed by atoms with Crippen molar-refractivity contribution in [1.29, 1.82) is 0 Å². The van der Waals surface area contributed by atoms with Crippen LogP contribution in [0.25, 0.3) is 11.3 Å². The molecule has 0 spiro atoms. The predicted molar refractivity (Wildman–Crippen MR) is 88.2 cm³/mol. The molecule has 3 nitrogen and oxygen atoms in total. The maximum atomic E-state index is 5.90. The second-order valence-electron chi connectivity index (χ2n) is 4.83. The summed E-state index contributed by atoms with van der Waals surface area (Å²) in [6.07, 6.45) is 2.27. The maximum absolute atomic E-state index is 5.90. The van der Waals surface area contributed by atoms with E-state index in [4.69, 9.17) is 10.7 Å². The first-order valence-electron chi connectivity index (χ1n) is 7.30. The Hall–Kier alpha value is -1.39. The zero-order valence-corrected chi connectivity index (χ0v) is 13.1. The first-order valence-corrected chi connectivity index (χ1v) is 8.11. The second kappa shape index (κ2) is 7.41. The lowest BCUT2D eigenvalue weighted by Crippen LogP contribution is -2.24. The van der Waals surface area contributed by atoms with E-state index in [1.807, 2.05) is 18.2 Å². The van der Waals surface area contributed by atoms with Crippen LogP contribution in [0.3, 0.4) is 0 Å². The largest absolute Gasteiger partial charge is 0.348 e. The highest BCUT2D eigenvalue weighted by molar-refractivity contribution is 7.16. The fourth-order valence-electron chi connectivity index (χ4n) is 2.28. The molecule has 2 N–H and O–H groups in total. The Morgan fingerprint density at radius 3 is 2.30 bits per heavy atom. The van der Waals surface area contributed by atoms with Crippen LogP contribution in [0.4, 0.5) is 5.13 Å². The Bertz CT molecular complexity index is 516. The van der Waals surface area contributed by atoms with E-state index >= 15 is 0 Å². The van der Waals surface area contributed by atoms with Crippen molar-refractivity contribution in [3.63, 3.8) is 0 Å². The molecule has 108 valence electrons. The van der Waals surface area contributed by atoms with E-state index in [2.05, 4.69) is 30.9 Å². The molecule has 4 heteroatoms. The summed E-state index contributed by atoms with van der Waals surface area (Å²) in [5.41, 5.74) is 8.10. The number of nitrogens with zero attached hydrogens (tertiary/aromatic N) is 2. The van der Waals surface area contributed by atoms with Crippen molar-refractivity contribution < 1.29 is 0 Å². The number of benzene rings is 1. The maximum Gasteiger partial charge on any atom is 0.186 e. The van der Waals surface area contributed by atoms with Gasteiger partial charge in [0.2, 0.25) is 0 Å². The smallest absolute Gasteiger partial charge is 0.186 e. The average molecular weight is 289 g/mol. The summed E-state index contributed by atoms with van der Waals surface area (Å²) in [5.74, 6) is 0. The highest BCUT2D eigenvalue weighted by Gasteiger charge is 2.15. The zero-order valence-electron chi connectivity index (χ0n) is 12.3. The minimum absolute atomic E-state index is 0.550. The van der Waals surface area contributed by atoms with Gasteiger partial charge in [0.25, 0.3) is 0 Å². The number of rotatable bonds is 7. The Kier molecular flexibility index (Phi) is 5.56. The molecule has 0 aliphatic heterocycles. The summed E-state index contributed by atoms with van der Waals surface area (Å²) in [4.78, 5) is 8.39. The van der Waals surface area contributed by atoms with E-state index in [0.717, 1.165) is 42.3 Å². The summed E-state index contributed by atoms with van der Waals surface area (Å²) >= 11 is 1.73. The van der Waals surface area contributed by atoms with Gasteiger partial charge >= 0.3 is 0 Å². The SMILES string of the molecule is CCCN(CCC)c1nc(-c2ccccc2)c(CN)s1. The van der Waals surface area contributed by atoms with Crippen LogP contribution in [0.1, 0.15) is 31.6 Å². The molecule has 0 atom stereocenters. The van der Waals surface area contributed by atoms with Gasteiger partial charge in [-0.3, -0.25) is 0 Å². The number of aromatic nitrogens is 1. The monoisotopic (exact) mass is 289 g/mol. The van der Waals surface area contributed by atoms with Gasteiger partial charge in [0.1, 0.15) is 0 Å². The van der Waals surface area contributed by atoms with E-state index in [9.17, 15) is 0 Å². The first kappa shape index (κ1) is 15.0. The lowest BCUT2D eigenvalue weighted by molar-refractivity contribution is 0.742. The number of nitrogens with two attached hydrogens (primary N) is 1. The zero-order chi connectivity index (χ0) is 14.4. The molecule has 20 heavy (non-hydrogen) atoms. The van der Waals surface area contributed by atoms with Crippen LogP contribution in [-0.2, 0) is 6.54 Å². The van der Waals surface area contributed by atoms with E-state index in [1.54, 1.807) is 11.3 Å². The second-order valence-corrected chi connectivity index (χ2v) is 5.89. The Morgan fingerprint density at radius 1 is 1.10 bits per heavy atom. The third-order valence-corrected chi connectivity index (χ3v) is 4.31. The van der Waals surface area contributed by atoms with E-state index in [0.29, 0.717) is 6.54 Å². The summed E-state index contributed by atoms with van der Waals surface area (Å²) in [6.45, 7) is 7.07. The van der Waals surface area contributed by atoms with Crippen molar-refractivity contribution in [3.05, 3.63) is 35.2 Å². The number of hydrogen-bond donors (Lipinski definition) is 1. The van der Waals surface area contributed by atoms with Crippen molar-refractivity contribution in [2.45, 2.75) is 33.2 Å². The molecular formula is C16H23N3S. The van der Waals surface area contributed by atoms with Gasteiger partial charge in [-0.1, -0.05) is 55.5 Å². The fraction of sp³-hybridized carbons (Fsp3) is 0.438. The van der Waals surface area contributed by atoms with Gasteiger partial charge in [0, 0.05) is 30.1 Å². The van der Waals surface area contributed by atoms with Crippen LogP contribution in [0.5, 0.6) is 0 Å². The van der Waals surface area contributed by atoms with Gasteiger partial charge in [0.15, 0.2) is 5.13 Å². The molecule has 0 aliphatic carbocycles. The van der Waals surface area contributed by atoms with E-state index in [1.165, 1.54) is 4.88 Å². The van der Waals surface area contributed by atoms with Gasteiger partial charge in [-0.15, -0.1) is 0 Å². The number of anilines is 1. The molecule has 0 radical (unpaired) electrons. The molecule has 0 fully saturated rings. The quantitative estimate of drug-likeness (QED) is 0.840. The molecular weight excluding hydrogens is 266 g/mol. The molecule has 0 saturated heterocycles. The van der Waals surface area contributed by atoms with Gasteiger partial charge < -0.3 is 10.6 Å². The van der Waals surface area contributed by atoms with Crippen molar-refractivity contribution in [1.82, 2.24) is 4.98 Å². The number of hydrogen-bond acceptors (Lipinski definition) is 4. The summed E-state index contributed by atoms with van der Waals surface area (Å²) in [5, 5.41) is 1.10. The molecule has 0 saturated carbocycles. The molecule has 2 rings (SSSR count). The van der Waals surface area contributed by atoms with Crippen LogP contribution in [0.15, 0.2) is 30.3 Å². The molecule has 2 aromatic rings. The third kappa shape index (κ3) is 3.38. The molecule has 0 amide bonds. The normalized spacial score (nSPS) is 10.8. The van der Waals surface area contributed by atoms with Gasteiger partial charge in [-0.05, 0) is 12.8 Å². The van der Waals surface area contributed by atoms with Crippen molar-refractivity contribution >= 4 is 16.5 Å². The van der Waals surface area contributed by atoms with Gasteiger partial charge in [-0.2, -0.15) is 0 Å². The van der Waals surface area contributed by atoms with Crippen LogP contribution >= 0.6 is 11.3 Å². The summed E-state index contributed by atoms with van der Waals surface area (Å²) < 4.78 is 0. The van der Waals surface area contributed by atoms with Crippen molar-refractivity contribution in [2.24, 2.45) is 5.73 Å². The van der Waals surface area contributed by atoms with E-state index < -0.39 is 0 Å². The van der Waals surface area contributed by atoms with Crippen LogP contribution in [0.2, 0.25) is 0 Å². The lowest BCUT2D eigenvalue weighted by Gasteiger charge is -2.19. The lowest BCUT2D eigenvalue weighted by atomic mass is 10.1. The Labute approximate surface area is 125 Å². The topological polar surface area (TPSA) is 42.2 Å². The Balaban J connectivity index is 2.35. The van der Waals surface area contributed by atoms with Gasteiger partial charge in [0.05, 0.1) is 5.69 Å². The molecule has 0 unspecified atom stereocenters. The minimum atomic E-state index is 0.550. The van der Waals surface area contributed by atoms with Crippen molar-refractivity contribution in [2.75, 3.05) is 18.0 Å². The van der Waals surface area contributed by atoms with Crippen LogP contribution in [-0.4, -0.2) is 18.1 Å². The summed E-state index contributed by atoms with van der Waals surface area (Å²) in [7, 11) is 0. The highest BCUT2D eigenvalue weighted by Crippen LogP contribution is 2.33. The summed E-state index contributed by atoms with van der Waals surface area (Å²) in [6, 6.07) is 10.3. The first-order chi connectivity index (χ1) is 9.80. The molecule has 0 bridgehead atoms. The minimum Gasteiger partial charge on any atom is -0.348 e.